The zero-order chi connectivity index (χ0) is 30.1. The van der Waals surface area contributed by atoms with Crippen LogP contribution in [0.25, 0.3) is 0 Å². The fraction of sp³-hybridized carbons (Fsp3) is 0.100. The van der Waals surface area contributed by atoms with Gasteiger partial charge in [0.2, 0.25) is 0 Å². The molecule has 0 atom stereocenters. The van der Waals surface area contributed by atoms with E-state index < -0.39 is 0 Å². The van der Waals surface area contributed by atoms with Gasteiger partial charge in [-0.25, -0.2) is 0 Å². The number of benzene rings is 6. The molecule has 218 valence electrons. The maximum atomic E-state index is 6.03. The number of aryl methyl sites for hydroxylation is 2. The van der Waals surface area contributed by atoms with Gasteiger partial charge in [0.05, 0.1) is 0 Å². The van der Waals surface area contributed by atoms with Gasteiger partial charge in [0.1, 0.15) is 24.7 Å². The number of ether oxygens (including phenoxy) is 2. The lowest BCUT2D eigenvalue weighted by atomic mass is 10.1. The highest BCUT2D eigenvalue weighted by atomic mass is 16.5. The van der Waals surface area contributed by atoms with Gasteiger partial charge in [-0.05, 0) is 111 Å². The van der Waals surface area contributed by atoms with Gasteiger partial charge < -0.3 is 19.3 Å². The number of nitrogens with zero attached hydrogens (tertiary/aromatic N) is 2. The molecule has 0 aliphatic carbocycles. The second-order valence-electron chi connectivity index (χ2n) is 10.7. The molecule has 0 bridgehead atoms. The van der Waals surface area contributed by atoms with Crippen molar-refractivity contribution in [3.8, 4) is 11.5 Å². The van der Waals surface area contributed by atoms with Crippen molar-refractivity contribution in [3.63, 3.8) is 0 Å². The van der Waals surface area contributed by atoms with Crippen LogP contribution >= 0.6 is 0 Å². The van der Waals surface area contributed by atoms with Crippen molar-refractivity contribution >= 4 is 34.1 Å². The molecule has 6 aromatic carbocycles. The monoisotopic (exact) mass is 576 g/mol. The first-order valence-electron chi connectivity index (χ1n) is 14.9. The summed E-state index contributed by atoms with van der Waals surface area (Å²) in [4.78, 5) is 4.49. The lowest BCUT2D eigenvalue weighted by Crippen LogP contribution is -2.11. The van der Waals surface area contributed by atoms with Crippen molar-refractivity contribution in [2.75, 3.05) is 23.0 Å². The number of hydrogen-bond donors (Lipinski definition) is 0. The third-order valence-corrected chi connectivity index (χ3v) is 7.42. The van der Waals surface area contributed by atoms with E-state index in [1.807, 2.05) is 36.4 Å². The van der Waals surface area contributed by atoms with E-state index in [1.54, 1.807) is 0 Å². The summed E-state index contributed by atoms with van der Waals surface area (Å²) >= 11 is 0. The standard InChI is InChI=1S/C40H36N2O2/c1-31-13-17-35(18-14-31)42(36-19-15-32(2)16-20-36)38-23-27-40(28-24-38)44-30-29-43-39-25-21-37(22-26-39)41(33-9-5-3-6-10-33)34-11-7-4-8-12-34/h3-28H,29-30H2,1-2H3. The molecule has 0 saturated carbocycles. The van der Waals surface area contributed by atoms with Crippen LogP contribution < -0.4 is 19.3 Å². The van der Waals surface area contributed by atoms with Crippen molar-refractivity contribution in [3.05, 3.63) is 169 Å². The molecular weight excluding hydrogens is 540 g/mol. The van der Waals surface area contributed by atoms with Crippen molar-refractivity contribution in [2.45, 2.75) is 13.8 Å². The van der Waals surface area contributed by atoms with E-state index in [1.165, 1.54) is 11.1 Å². The predicted molar refractivity (Wildman–Crippen MR) is 183 cm³/mol. The minimum atomic E-state index is 0.445. The summed E-state index contributed by atoms with van der Waals surface area (Å²) < 4.78 is 12.1. The van der Waals surface area contributed by atoms with E-state index in [0.717, 1.165) is 45.6 Å². The van der Waals surface area contributed by atoms with Gasteiger partial charge in [0, 0.05) is 34.1 Å². The maximum absolute atomic E-state index is 6.03. The summed E-state index contributed by atoms with van der Waals surface area (Å²) in [7, 11) is 0. The molecule has 0 amide bonds. The molecule has 0 radical (unpaired) electrons. The van der Waals surface area contributed by atoms with Crippen molar-refractivity contribution in [2.24, 2.45) is 0 Å². The van der Waals surface area contributed by atoms with Crippen molar-refractivity contribution in [1.82, 2.24) is 0 Å². The summed E-state index contributed by atoms with van der Waals surface area (Å²) in [6.07, 6.45) is 0. The minimum absolute atomic E-state index is 0.445. The maximum Gasteiger partial charge on any atom is 0.122 e. The van der Waals surface area contributed by atoms with Crippen LogP contribution in [0.2, 0.25) is 0 Å². The molecule has 0 saturated heterocycles. The Bertz CT molecular complexity index is 1650. The van der Waals surface area contributed by atoms with Crippen LogP contribution in [0.15, 0.2) is 158 Å². The SMILES string of the molecule is Cc1ccc(N(c2ccc(C)cc2)c2ccc(OCCOc3ccc(N(c4ccccc4)c4ccccc4)cc3)cc2)cc1. The number of anilines is 6. The average molecular weight is 577 g/mol. The molecule has 0 heterocycles. The molecule has 6 aromatic rings. The van der Waals surface area contributed by atoms with Crippen LogP contribution in [0.5, 0.6) is 11.5 Å². The van der Waals surface area contributed by atoms with E-state index in [4.69, 9.17) is 9.47 Å². The highest BCUT2D eigenvalue weighted by Gasteiger charge is 2.13. The summed E-state index contributed by atoms with van der Waals surface area (Å²) in [6.45, 7) is 5.11. The molecule has 6 rings (SSSR count). The summed E-state index contributed by atoms with van der Waals surface area (Å²) in [5.41, 5.74) is 9.05. The smallest absolute Gasteiger partial charge is 0.122 e. The van der Waals surface area contributed by atoms with Crippen molar-refractivity contribution < 1.29 is 9.47 Å². The fourth-order valence-corrected chi connectivity index (χ4v) is 5.14. The van der Waals surface area contributed by atoms with Gasteiger partial charge in [0.15, 0.2) is 0 Å². The van der Waals surface area contributed by atoms with Crippen molar-refractivity contribution in [1.29, 1.82) is 0 Å². The topological polar surface area (TPSA) is 24.9 Å². The summed E-state index contributed by atoms with van der Waals surface area (Å²) in [6, 6.07) is 54.4. The Kier molecular flexibility index (Phi) is 8.89. The van der Waals surface area contributed by atoms with Gasteiger partial charge in [-0.3, -0.25) is 0 Å². The van der Waals surface area contributed by atoms with E-state index in [2.05, 4.69) is 145 Å². The second-order valence-corrected chi connectivity index (χ2v) is 10.7. The van der Waals surface area contributed by atoms with Crippen LogP contribution in [0.1, 0.15) is 11.1 Å². The molecule has 0 aromatic heterocycles. The second kappa shape index (κ2) is 13.7. The molecule has 0 aliphatic rings. The lowest BCUT2D eigenvalue weighted by molar-refractivity contribution is 0.217. The van der Waals surface area contributed by atoms with Gasteiger partial charge in [-0.15, -0.1) is 0 Å². The highest BCUT2D eigenvalue weighted by molar-refractivity contribution is 5.77. The molecule has 0 aliphatic heterocycles. The van der Waals surface area contributed by atoms with E-state index in [0.29, 0.717) is 13.2 Å². The average Bonchev–Trinajstić information content (AvgIpc) is 3.07. The Balaban J connectivity index is 1.08. The van der Waals surface area contributed by atoms with Crippen LogP contribution in [0.4, 0.5) is 34.1 Å². The first kappa shape index (κ1) is 28.6. The third kappa shape index (κ3) is 6.93. The normalized spacial score (nSPS) is 10.7. The molecule has 0 unspecified atom stereocenters. The molecule has 44 heavy (non-hydrogen) atoms. The predicted octanol–water partition coefficient (Wildman–Crippen LogP) is 10.7. The molecule has 0 spiro atoms. The first-order valence-corrected chi connectivity index (χ1v) is 14.9. The van der Waals surface area contributed by atoms with Gasteiger partial charge >= 0.3 is 0 Å². The fourth-order valence-electron chi connectivity index (χ4n) is 5.14. The number of para-hydroxylation sites is 2. The van der Waals surface area contributed by atoms with Crippen LogP contribution in [0, 0.1) is 13.8 Å². The van der Waals surface area contributed by atoms with Crippen LogP contribution in [-0.4, -0.2) is 13.2 Å². The Morgan fingerprint density at radius 3 is 0.932 bits per heavy atom. The number of hydrogen-bond acceptors (Lipinski definition) is 4. The lowest BCUT2D eigenvalue weighted by Gasteiger charge is -2.26. The van der Waals surface area contributed by atoms with Gasteiger partial charge in [-0.1, -0.05) is 71.8 Å². The minimum Gasteiger partial charge on any atom is -0.490 e. The van der Waals surface area contributed by atoms with Gasteiger partial charge in [-0.2, -0.15) is 0 Å². The largest absolute Gasteiger partial charge is 0.490 e. The molecule has 4 nitrogen and oxygen atoms in total. The summed E-state index contributed by atoms with van der Waals surface area (Å²) in [5, 5.41) is 0. The Labute approximate surface area is 260 Å². The van der Waals surface area contributed by atoms with E-state index >= 15 is 0 Å². The summed E-state index contributed by atoms with van der Waals surface area (Å²) in [5.74, 6) is 1.61. The van der Waals surface area contributed by atoms with E-state index in [9.17, 15) is 0 Å². The van der Waals surface area contributed by atoms with Crippen LogP contribution in [0.3, 0.4) is 0 Å². The zero-order valence-electron chi connectivity index (χ0n) is 25.1. The Hall–Kier alpha value is -5.48. The van der Waals surface area contributed by atoms with Gasteiger partial charge in [0.25, 0.3) is 0 Å². The Morgan fingerprint density at radius 2 is 0.614 bits per heavy atom. The molecule has 0 fully saturated rings. The zero-order valence-corrected chi connectivity index (χ0v) is 25.1. The molecular formula is C40H36N2O2. The third-order valence-electron chi connectivity index (χ3n) is 7.42. The highest BCUT2D eigenvalue weighted by Crippen LogP contribution is 2.36. The van der Waals surface area contributed by atoms with Crippen LogP contribution in [-0.2, 0) is 0 Å². The quantitative estimate of drug-likeness (QED) is 0.143. The molecule has 4 heteroatoms. The number of rotatable bonds is 11. The molecule has 0 N–H and O–H groups in total. The van der Waals surface area contributed by atoms with E-state index in [-0.39, 0.29) is 0 Å². The Morgan fingerprint density at radius 1 is 0.341 bits per heavy atom. The first-order chi connectivity index (χ1) is 21.6.